The number of amides is 1. The van der Waals surface area contributed by atoms with Gasteiger partial charge in [-0.15, -0.1) is 0 Å². The van der Waals surface area contributed by atoms with Crippen molar-refractivity contribution in [3.05, 3.63) is 34.3 Å². The minimum Gasteiger partial charge on any atom is -0.351 e. The Morgan fingerprint density at radius 3 is 2.44 bits per heavy atom. The molecule has 100 valence electrons. The van der Waals surface area contributed by atoms with Crippen LogP contribution in [0, 0.1) is 0 Å². The number of rotatable bonds is 6. The van der Waals surface area contributed by atoms with Crippen LogP contribution in [0.1, 0.15) is 37.0 Å². The molecule has 0 saturated heterocycles. The van der Waals surface area contributed by atoms with Gasteiger partial charge < -0.3 is 5.32 Å². The van der Waals surface area contributed by atoms with E-state index < -0.39 is 0 Å². The quantitative estimate of drug-likeness (QED) is 0.851. The summed E-state index contributed by atoms with van der Waals surface area (Å²) in [6, 6.07) is 7.50. The Balaban J connectivity index is 2.69. The molecule has 18 heavy (non-hydrogen) atoms. The largest absolute Gasteiger partial charge is 0.351 e. The summed E-state index contributed by atoms with van der Waals surface area (Å²) in [6.07, 6.45) is 4.22. The van der Waals surface area contributed by atoms with Crippen LogP contribution in [0.3, 0.4) is 0 Å². The van der Waals surface area contributed by atoms with Crippen molar-refractivity contribution in [1.29, 1.82) is 0 Å². The molecule has 0 spiro atoms. The molecule has 1 N–H and O–H groups in total. The van der Waals surface area contributed by atoms with E-state index in [1.165, 1.54) is 0 Å². The van der Waals surface area contributed by atoms with Crippen LogP contribution in [-0.4, -0.2) is 23.5 Å². The molecule has 0 heterocycles. The van der Waals surface area contributed by atoms with Crippen molar-refractivity contribution in [2.45, 2.75) is 31.4 Å². The van der Waals surface area contributed by atoms with Gasteiger partial charge in [-0.05, 0) is 47.2 Å². The summed E-state index contributed by atoms with van der Waals surface area (Å²) >= 11 is 5.23. The van der Waals surface area contributed by atoms with E-state index in [9.17, 15) is 4.79 Å². The van der Waals surface area contributed by atoms with E-state index in [2.05, 4.69) is 41.3 Å². The third-order valence-corrected chi connectivity index (χ3v) is 5.69. The summed E-state index contributed by atoms with van der Waals surface area (Å²) in [4.78, 5) is 12.1. The molecule has 0 saturated carbocycles. The first kappa shape index (κ1) is 15.6. The normalized spacial score (nSPS) is 11.3. The summed E-state index contributed by atoms with van der Waals surface area (Å²) in [6.45, 7) is 5.05. The van der Waals surface area contributed by atoms with E-state index in [1.807, 2.05) is 36.0 Å². The molecule has 0 bridgehead atoms. The molecule has 1 aromatic carbocycles. The first-order valence-electron chi connectivity index (χ1n) is 6.16. The van der Waals surface area contributed by atoms with Crippen LogP contribution >= 0.6 is 27.7 Å². The number of halogens is 1. The van der Waals surface area contributed by atoms with E-state index in [4.69, 9.17) is 0 Å². The molecule has 0 aromatic heterocycles. The van der Waals surface area contributed by atoms with Gasteiger partial charge in [0, 0.05) is 15.8 Å². The first-order chi connectivity index (χ1) is 8.58. The van der Waals surface area contributed by atoms with E-state index >= 15 is 0 Å². The number of carbonyl (C=O) groups is 1. The monoisotopic (exact) mass is 329 g/mol. The summed E-state index contributed by atoms with van der Waals surface area (Å²) in [5, 5.41) is 3.04. The highest BCUT2D eigenvalue weighted by molar-refractivity contribution is 9.10. The Hall–Kier alpha value is -0.480. The lowest BCUT2D eigenvalue weighted by molar-refractivity contribution is 0.0948. The molecule has 0 radical (unpaired) electrons. The first-order valence-corrected chi connectivity index (χ1v) is 8.18. The van der Waals surface area contributed by atoms with Gasteiger partial charge in [-0.2, -0.15) is 11.8 Å². The van der Waals surface area contributed by atoms with E-state index in [1.54, 1.807) is 0 Å². The molecule has 0 atom stereocenters. The van der Waals surface area contributed by atoms with Gasteiger partial charge in [0.05, 0.1) is 5.56 Å². The van der Waals surface area contributed by atoms with E-state index in [0.29, 0.717) is 12.1 Å². The van der Waals surface area contributed by atoms with Crippen molar-refractivity contribution in [3.8, 4) is 0 Å². The molecule has 2 nitrogen and oxygen atoms in total. The lowest BCUT2D eigenvalue weighted by Crippen LogP contribution is -2.39. The Morgan fingerprint density at radius 2 is 1.94 bits per heavy atom. The van der Waals surface area contributed by atoms with Crippen molar-refractivity contribution < 1.29 is 4.79 Å². The van der Waals surface area contributed by atoms with Gasteiger partial charge in [-0.25, -0.2) is 0 Å². The van der Waals surface area contributed by atoms with Crippen LogP contribution in [0.25, 0.3) is 0 Å². The molecule has 1 rings (SSSR count). The highest BCUT2D eigenvalue weighted by atomic mass is 79.9. The maximum Gasteiger partial charge on any atom is 0.252 e. The summed E-state index contributed by atoms with van der Waals surface area (Å²) in [5.74, 6) is -0.0113. The Bertz CT molecular complexity index is 396. The number of hydrogen-bond donors (Lipinski definition) is 1. The van der Waals surface area contributed by atoms with Gasteiger partial charge in [0.25, 0.3) is 5.91 Å². The Morgan fingerprint density at radius 1 is 1.33 bits per heavy atom. The maximum atomic E-state index is 12.1. The number of nitrogens with one attached hydrogen (secondary N) is 1. The number of benzene rings is 1. The predicted octanol–water partition coefficient (Wildman–Crippen LogP) is 4.10. The third kappa shape index (κ3) is 3.75. The summed E-state index contributed by atoms with van der Waals surface area (Å²) < 4.78 is 0.988. The van der Waals surface area contributed by atoms with Crippen molar-refractivity contribution in [1.82, 2.24) is 5.32 Å². The Kier molecular flexibility index (Phi) is 6.22. The van der Waals surface area contributed by atoms with E-state index in [0.717, 1.165) is 17.3 Å². The molecule has 0 aliphatic heterocycles. The molecule has 1 aromatic rings. The summed E-state index contributed by atoms with van der Waals surface area (Å²) in [5.41, 5.74) is 0.694. The van der Waals surface area contributed by atoms with Gasteiger partial charge in [-0.3, -0.25) is 4.79 Å². The molecule has 1 amide bonds. The zero-order valence-electron chi connectivity index (χ0n) is 11.1. The Labute approximate surface area is 122 Å². The van der Waals surface area contributed by atoms with Gasteiger partial charge in [0.1, 0.15) is 0 Å². The topological polar surface area (TPSA) is 29.1 Å². The van der Waals surface area contributed by atoms with Crippen molar-refractivity contribution in [2.75, 3.05) is 12.8 Å². The lowest BCUT2D eigenvalue weighted by Gasteiger charge is -2.29. The third-order valence-electron chi connectivity index (χ3n) is 3.41. The molecular formula is C14H20BrNOS. The van der Waals surface area contributed by atoms with Crippen LogP contribution in [-0.2, 0) is 0 Å². The number of hydrogen-bond acceptors (Lipinski definition) is 2. The van der Waals surface area contributed by atoms with Crippen LogP contribution in [0.2, 0.25) is 0 Å². The van der Waals surface area contributed by atoms with Gasteiger partial charge in [0.2, 0.25) is 0 Å². The van der Waals surface area contributed by atoms with Gasteiger partial charge in [-0.1, -0.05) is 26.0 Å². The minimum atomic E-state index is -0.0113. The van der Waals surface area contributed by atoms with Crippen LogP contribution in [0.5, 0.6) is 0 Å². The van der Waals surface area contributed by atoms with Crippen molar-refractivity contribution in [3.63, 3.8) is 0 Å². The van der Waals surface area contributed by atoms with Crippen molar-refractivity contribution >= 4 is 33.6 Å². The molecule has 0 fully saturated rings. The molecule has 0 aliphatic rings. The van der Waals surface area contributed by atoms with Crippen LogP contribution < -0.4 is 5.32 Å². The average Bonchev–Trinajstić information content (AvgIpc) is 2.41. The summed E-state index contributed by atoms with van der Waals surface area (Å²) in [7, 11) is 0. The second kappa shape index (κ2) is 7.19. The molecular weight excluding hydrogens is 310 g/mol. The molecule has 4 heteroatoms. The van der Waals surface area contributed by atoms with Crippen LogP contribution in [0.15, 0.2) is 28.7 Å². The highest BCUT2D eigenvalue weighted by Crippen LogP contribution is 2.29. The standard InChI is InChI=1S/C14H20BrNOS/c1-4-14(5-2,18-3)10-16-13(17)11-8-6-7-9-12(11)15/h6-9H,4-5,10H2,1-3H3,(H,16,17). The SMILES string of the molecule is CCC(CC)(CNC(=O)c1ccccc1Br)SC. The fraction of sp³-hybridized carbons (Fsp3) is 0.500. The van der Waals surface area contributed by atoms with Crippen molar-refractivity contribution in [2.24, 2.45) is 0 Å². The zero-order chi connectivity index (χ0) is 13.6. The minimum absolute atomic E-state index is 0.0113. The average molecular weight is 330 g/mol. The fourth-order valence-electron chi connectivity index (χ4n) is 1.84. The zero-order valence-corrected chi connectivity index (χ0v) is 13.5. The fourth-order valence-corrected chi connectivity index (χ4v) is 3.10. The number of thioether (sulfide) groups is 1. The lowest BCUT2D eigenvalue weighted by atomic mass is 10.0. The second-order valence-electron chi connectivity index (χ2n) is 4.26. The second-order valence-corrected chi connectivity index (χ2v) is 6.39. The van der Waals surface area contributed by atoms with Crippen LogP contribution in [0.4, 0.5) is 0 Å². The highest BCUT2D eigenvalue weighted by Gasteiger charge is 2.25. The van der Waals surface area contributed by atoms with E-state index in [-0.39, 0.29) is 10.7 Å². The number of carbonyl (C=O) groups excluding carboxylic acids is 1. The molecule has 0 aliphatic carbocycles. The smallest absolute Gasteiger partial charge is 0.252 e. The van der Waals surface area contributed by atoms with Gasteiger partial charge >= 0.3 is 0 Å². The molecule has 0 unspecified atom stereocenters. The predicted molar refractivity (Wildman–Crippen MR) is 83.3 cm³/mol. The maximum absolute atomic E-state index is 12.1. The van der Waals surface area contributed by atoms with Gasteiger partial charge in [0.15, 0.2) is 0 Å².